The number of rotatable bonds is 5. The van der Waals surface area contributed by atoms with Crippen molar-refractivity contribution in [3.05, 3.63) is 34.4 Å². The molecule has 0 spiro atoms. The number of carbonyl (C=O) groups excluding carboxylic acids is 1. The normalized spacial score (nSPS) is 22.6. The van der Waals surface area contributed by atoms with Crippen LogP contribution < -0.4 is 5.73 Å². The lowest BCUT2D eigenvalue weighted by Gasteiger charge is -2.25. The molecule has 1 aromatic carbocycles. The van der Waals surface area contributed by atoms with Gasteiger partial charge in [0.05, 0.1) is 10.2 Å². The first kappa shape index (κ1) is 16.8. The number of hydrogen-bond acceptors (Lipinski definition) is 5. The van der Waals surface area contributed by atoms with Gasteiger partial charge in [-0.2, -0.15) is 0 Å². The highest BCUT2D eigenvalue weighted by Gasteiger charge is 2.33. The highest BCUT2D eigenvalue weighted by Crippen LogP contribution is 2.29. The zero-order valence-corrected chi connectivity index (χ0v) is 13.6. The third-order valence-corrected chi connectivity index (χ3v) is 5.09. The van der Waals surface area contributed by atoms with Crippen molar-refractivity contribution in [1.82, 2.24) is 4.90 Å². The third-order valence-electron chi connectivity index (χ3n) is 3.99. The number of nitro groups is 1. The summed E-state index contributed by atoms with van der Waals surface area (Å²) in [5.74, 6) is 0.488. The SMILES string of the molecule is CC(Sc1ccc([N+](=O)[O-])cc1)C(=O)N1CC(CN)CC1C. The second kappa shape index (κ2) is 7.11. The van der Waals surface area contributed by atoms with E-state index in [0.717, 1.165) is 17.9 Å². The Kier molecular flexibility index (Phi) is 5.42. The highest BCUT2D eigenvalue weighted by atomic mass is 32.2. The monoisotopic (exact) mass is 323 g/mol. The summed E-state index contributed by atoms with van der Waals surface area (Å²) < 4.78 is 0. The van der Waals surface area contributed by atoms with Crippen LogP contribution >= 0.6 is 11.8 Å². The van der Waals surface area contributed by atoms with Crippen LogP contribution in [0.5, 0.6) is 0 Å². The molecule has 0 bridgehead atoms. The number of likely N-dealkylation sites (tertiary alicyclic amines) is 1. The average Bonchev–Trinajstić information content (AvgIpc) is 2.88. The van der Waals surface area contributed by atoms with Gasteiger partial charge < -0.3 is 10.6 Å². The maximum Gasteiger partial charge on any atom is 0.269 e. The van der Waals surface area contributed by atoms with Gasteiger partial charge in [0.15, 0.2) is 0 Å². The molecule has 0 aliphatic carbocycles. The van der Waals surface area contributed by atoms with Crippen molar-refractivity contribution in [3.63, 3.8) is 0 Å². The number of amides is 1. The van der Waals surface area contributed by atoms with Gasteiger partial charge in [0.1, 0.15) is 0 Å². The van der Waals surface area contributed by atoms with Crippen LogP contribution in [-0.4, -0.2) is 40.1 Å². The Bertz CT molecular complexity index is 549. The van der Waals surface area contributed by atoms with E-state index in [0.29, 0.717) is 12.5 Å². The Morgan fingerprint density at radius 3 is 2.64 bits per heavy atom. The molecule has 3 atom stereocenters. The zero-order chi connectivity index (χ0) is 16.3. The second-order valence-corrected chi connectivity index (χ2v) is 7.10. The molecule has 3 unspecified atom stereocenters. The molecule has 1 saturated heterocycles. The molecule has 2 N–H and O–H groups in total. The fraction of sp³-hybridized carbons (Fsp3) is 0.533. The summed E-state index contributed by atoms with van der Waals surface area (Å²) >= 11 is 1.42. The minimum atomic E-state index is -0.429. The topological polar surface area (TPSA) is 89.5 Å². The predicted molar refractivity (Wildman–Crippen MR) is 86.8 cm³/mol. The minimum Gasteiger partial charge on any atom is -0.339 e. The van der Waals surface area contributed by atoms with Crippen molar-refractivity contribution in [2.75, 3.05) is 13.1 Å². The first-order valence-corrected chi connectivity index (χ1v) is 8.22. The van der Waals surface area contributed by atoms with E-state index in [2.05, 4.69) is 6.92 Å². The van der Waals surface area contributed by atoms with Crippen LogP contribution in [0.15, 0.2) is 29.2 Å². The summed E-state index contributed by atoms with van der Waals surface area (Å²) in [7, 11) is 0. The van der Waals surface area contributed by atoms with E-state index >= 15 is 0 Å². The number of benzene rings is 1. The largest absolute Gasteiger partial charge is 0.339 e. The molecule has 120 valence electrons. The highest BCUT2D eigenvalue weighted by molar-refractivity contribution is 8.00. The van der Waals surface area contributed by atoms with Crippen LogP contribution in [0.25, 0.3) is 0 Å². The Hall–Kier alpha value is -1.60. The van der Waals surface area contributed by atoms with Crippen LogP contribution in [0.2, 0.25) is 0 Å². The molecule has 2 rings (SSSR count). The second-order valence-electron chi connectivity index (χ2n) is 5.69. The molecule has 6 nitrogen and oxygen atoms in total. The molecule has 1 fully saturated rings. The molecule has 1 aliphatic rings. The van der Waals surface area contributed by atoms with Crippen molar-refractivity contribution >= 4 is 23.4 Å². The van der Waals surface area contributed by atoms with Crippen LogP contribution in [-0.2, 0) is 4.79 Å². The summed E-state index contributed by atoms with van der Waals surface area (Å²) in [5.41, 5.74) is 5.76. The maximum atomic E-state index is 12.6. The lowest BCUT2D eigenvalue weighted by molar-refractivity contribution is -0.384. The Morgan fingerprint density at radius 2 is 2.14 bits per heavy atom. The van der Waals surface area contributed by atoms with E-state index in [-0.39, 0.29) is 22.9 Å². The summed E-state index contributed by atoms with van der Waals surface area (Å²) in [6, 6.07) is 6.51. The van der Waals surface area contributed by atoms with E-state index in [1.54, 1.807) is 12.1 Å². The molecule has 1 amide bonds. The number of carbonyl (C=O) groups is 1. The van der Waals surface area contributed by atoms with Gasteiger partial charge in [0, 0.05) is 29.6 Å². The number of non-ortho nitro benzene ring substituents is 1. The third kappa shape index (κ3) is 3.78. The summed E-state index contributed by atoms with van der Waals surface area (Å²) in [6.07, 6.45) is 0.956. The van der Waals surface area contributed by atoms with Gasteiger partial charge in [-0.15, -0.1) is 11.8 Å². The fourth-order valence-corrected chi connectivity index (χ4v) is 3.69. The number of hydrogen-bond donors (Lipinski definition) is 1. The smallest absolute Gasteiger partial charge is 0.269 e. The van der Waals surface area contributed by atoms with Crippen LogP contribution in [0, 0.1) is 16.0 Å². The molecular formula is C15H21N3O3S. The lowest BCUT2D eigenvalue weighted by Crippen LogP contribution is -2.39. The van der Waals surface area contributed by atoms with Gasteiger partial charge in [0.25, 0.3) is 5.69 Å². The number of thioether (sulfide) groups is 1. The van der Waals surface area contributed by atoms with E-state index < -0.39 is 4.92 Å². The summed E-state index contributed by atoms with van der Waals surface area (Å²) in [4.78, 5) is 25.5. The van der Waals surface area contributed by atoms with Crippen molar-refractivity contribution in [2.45, 2.75) is 36.5 Å². The maximum absolute atomic E-state index is 12.6. The molecule has 1 heterocycles. The van der Waals surface area contributed by atoms with E-state index in [4.69, 9.17) is 5.73 Å². The Morgan fingerprint density at radius 1 is 1.50 bits per heavy atom. The van der Waals surface area contributed by atoms with E-state index in [9.17, 15) is 14.9 Å². The minimum absolute atomic E-state index is 0.0577. The van der Waals surface area contributed by atoms with Crippen LogP contribution in [0.3, 0.4) is 0 Å². The molecule has 0 radical (unpaired) electrons. The molecule has 7 heteroatoms. The number of nitro benzene ring substituents is 1. The zero-order valence-electron chi connectivity index (χ0n) is 12.8. The number of nitrogens with zero attached hydrogens (tertiary/aromatic N) is 2. The van der Waals surface area contributed by atoms with Gasteiger partial charge in [-0.3, -0.25) is 14.9 Å². The van der Waals surface area contributed by atoms with Crippen LogP contribution in [0.4, 0.5) is 5.69 Å². The van der Waals surface area contributed by atoms with Crippen molar-refractivity contribution < 1.29 is 9.72 Å². The quantitative estimate of drug-likeness (QED) is 0.510. The first-order chi connectivity index (χ1) is 10.4. The molecule has 1 aliphatic heterocycles. The van der Waals surface area contributed by atoms with Gasteiger partial charge >= 0.3 is 0 Å². The van der Waals surface area contributed by atoms with E-state index in [1.165, 1.54) is 23.9 Å². The fourth-order valence-electron chi connectivity index (χ4n) is 2.75. The van der Waals surface area contributed by atoms with Gasteiger partial charge in [-0.05, 0) is 44.9 Å². The lowest BCUT2D eigenvalue weighted by atomic mass is 10.1. The molecule has 1 aromatic rings. The van der Waals surface area contributed by atoms with Crippen LogP contribution in [0.1, 0.15) is 20.3 Å². The summed E-state index contributed by atoms with van der Waals surface area (Å²) in [6.45, 7) is 5.26. The summed E-state index contributed by atoms with van der Waals surface area (Å²) in [5, 5.41) is 10.4. The molecule has 0 saturated carbocycles. The van der Waals surface area contributed by atoms with Gasteiger partial charge in [-0.1, -0.05) is 0 Å². The predicted octanol–water partition coefficient (Wildman–Crippen LogP) is 2.27. The average molecular weight is 323 g/mol. The van der Waals surface area contributed by atoms with E-state index in [1.807, 2.05) is 11.8 Å². The van der Waals surface area contributed by atoms with Crippen molar-refractivity contribution in [2.24, 2.45) is 11.7 Å². The Labute approximate surface area is 134 Å². The molecular weight excluding hydrogens is 302 g/mol. The van der Waals surface area contributed by atoms with Crippen molar-refractivity contribution in [3.8, 4) is 0 Å². The molecule has 0 aromatic heterocycles. The standard InChI is InChI=1S/C15H21N3O3S/c1-10-7-12(8-16)9-17(10)15(19)11(2)22-14-5-3-13(4-6-14)18(20)21/h3-6,10-12H,7-9,16H2,1-2H3. The molecule has 22 heavy (non-hydrogen) atoms. The Balaban J connectivity index is 1.98. The van der Waals surface area contributed by atoms with Gasteiger partial charge in [0.2, 0.25) is 5.91 Å². The van der Waals surface area contributed by atoms with Crippen molar-refractivity contribution in [1.29, 1.82) is 0 Å². The number of nitrogens with two attached hydrogens (primary N) is 1. The van der Waals surface area contributed by atoms with Gasteiger partial charge in [-0.25, -0.2) is 0 Å². The first-order valence-electron chi connectivity index (χ1n) is 7.34.